The first kappa shape index (κ1) is 14.1. The minimum atomic E-state index is -0.696. The van der Waals surface area contributed by atoms with Gasteiger partial charge in [0.05, 0.1) is 0 Å². The van der Waals surface area contributed by atoms with Crippen molar-refractivity contribution >= 4 is 22.7 Å². The lowest BCUT2D eigenvalue weighted by atomic mass is 10.1. The van der Waals surface area contributed by atoms with Crippen LogP contribution in [0.2, 0.25) is 0 Å². The van der Waals surface area contributed by atoms with E-state index in [0.29, 0.717) is 11.6 Å². The number of carbonyl (C=O) groups excluding carboxylic acids is 1. The van der Waals surface area contributed by atoms with Crippen LogP contribution < -0.4 is 10.1 Å². The third-order valence-corrected chi connectivity index (χ3v) is 3.18. The first-order chi connectivity index (χ1) is 10.6. The smallest absolute Gasteiger partial charge is 0.328 e. The van der Waals surface area contributed by atoms with E-state index in [9.17, 15) is 4.79 Å². The number of hydrogen-bond donors (Lipinski definition) is 1. The Bertz CT molecular complexity index is 808. The first-order valence-electron chi connectivity index (χ1n) is 6.89. The first-order valence-corrected chi connectivity index (χ1v) is 6.89. The summed E-state index contributed by atoms with van der Waals surface area (Å²) in [4.78, 5) is 16.0. The second-order valence-electron chi connectivity index (χ2n) is 4.87. The summed E-state index contributed by atoms with van der Waals surface area (Å²) in [6.45, 7) is 3.34. The van der Waals surface area contributed by atoms with Crippen molar-refractivity contribution in [2.45, 2.75) is 20.0 Å². The number of rotatable bonds is 4. The van der Waals surface area contributed by atoms with Gasteiger partial charge in [0.25, 0.3) is 5.91 Å². The maximum Gasteiger partial charge on any atom is 0.328 e. The lowest BCUT2D eigenvalue weighted by molar-refractivity contribution is -0.122. The second-order valence-corrected chi connectivity index (χ2v) is 4.87. The van der Waals surface area contributed by atoms with Crippen molar-refractivity contribution in [3.8, 4) is 5.75 Å². The third kappa shape index (κ3) is 2.90. The Morgan fingerprint density at radius 3 is 2.77 bits per heavy atom. The molecule has 0 unspecified atom stereocenters. The third-order valence-electron chi connectivity index (χ3n) is 3.18. The van der Waals surface area contributed by atoms with Crippen LogP contribution in [0.25, 0.3) is 10.8 Å². The normalized spacial score (nSPS) is 12.1. The van der Waals surface area contributed by atoms with Gasteiger partial charge in [-0.05, 0) is 25.3 Å². The molecule has 0 fully saturated rings. The second kappa shape index (κ2) is 5.85. The molecule has 3 rings (SSSR count). The van der Waals surface area contributed by atoms with Crippen LogP contribution in [-0.4, -0.2) is 22.2 Å². The number of aryl methyl sites for hydroxylation is 1. The van der Waals surface area contributed by atoms with Gasteiger partial charge in [-0.2, -0.15) is 4.98 Å². The molecular formula is C16H15N3O3. The van der Waals surface area contributed by atoms with Crippen LogP contribution in [0.5, 0.6) is 5.75 Å². The summed E-state index contributed by atoms with van der Waals surface area (Å²) < 4.78 is 10.6. The average Bonchev–Trinajstić information content (AvgIpc) is 2.92. The SMILES string of the molecule is Cc1noc(NC(=O)[C@H](C)Oc2cccc3ccccc23)n1. The molecule has 112 valence electrons. The highest BCUT2D eigenvalue weighted by Gasteiger charge is 2.18. The summed E-state index contributed by atoms with van der Waals surface area (Å²) in [6.07, 6.45) is -0.696. The molecule has 1 N–H and O–H groups in total. The van der Waals surface area contributed by atoms with Crippen LogP contribution in [-0.2, 0) is 4.79 Å². The zero-order valence-electron chi connectivity index (χ0n) is 12.2. The zero-order chi connectivity index (χ0) is 15.5. The van der Waals surface area contributed by atoms with E-state index in [4.69, 9.17) is 9.26 Å². The minimum Gasteiger partial charge on any atom is -0.480 e. The number of carbonyl (C=O) groups is 1. The molecule has 22 heavy (non-hydrogen) atoms. The van der Waals surface area contributed by atoms with Gasteiger partial charge in [-0.25, -0.2) is 0 Å². The lowest BCUT2D eigenvalue weighted by Crippen LogP contribution is -2.30. The van der Waals surface area contributed by atoms with Crippen LogP contribution in [0.1, 0.15) is 12.7 Å². The van der Waals surface area contributed by atoms with Crippen molar-refractivity contribution in [2.24, 2.45) is 0 Å². The maximum atomic E-state index is 12.1. The highest BCUT2D eigenvalue weighted by atomic mass is 16.5. The highest BCUT2D eigenvalue weighted by Crippen LogP contribution is 2.26. The standard InChI is InChI=1S/C16H15N3O3/c1-10(15(20)18-16-17-11(2)19-22-16)21-14-9-5-7-12-6-3-4-8-13(12)14/h3-10H,1-2H3,(H,17,18,19,20)/t10-/m0/s1. The van der Waals surface area contributed by atoms with Crippen molar-refractivity contribution in [3.05, 3.63) is 48.3 Å². The molecule has 0 spiro atoms. The van der Waals surface area contributed by atoms with Crippen LogP contribution in [0.3, 0.4) is 0 Å². The van der Waals surface area contributed by atoms with E-state index in [2.05, 4.69) is 15.5 Å². The van der Waals surface area contributed by atoms with Crippen LogP contribution in [0.15, 0.2) is 47.0 Å². The van der Waals surface area contributed by atoms with Crippen molar-refractivity contribution in [2.75, 3.05) is 5.32 Å². The number of amides is 1. The molecule has 1 heterocycles. The van der Waals surface area contributed by atoms with Crippen LogP contribution in [0, 0.1) is 6.92 Å². The molecule has 0 aliphatic carbocycles. The average molecular weight is 297 g/mol. The molecule has 0 saturated carbocycles. The van der Waals surface area contributed by atoms with Gasteiger partial charge in [-0.15, -0.1) is 0 Å². The number of fused-ring (bicyclic) bond motifs is 1. The summed E-state index contributed by atoms with van der Waals surface area (Å²) >= 11 is 0. The molecule has 0 aliphatic heterocycles. The molecule has 0 aliphatic rings. The highest BCUT2D eigenvalue weighted by molar-refractivity contribution is 5.93. The van der Waals surface area contributed by atoms with E-state index in [1.54, 1.807) is 13.8 Å². The van der Waals surface area contributed by atoms with E-state index >= 15 is 0 Å². The fourth-order valence-electron chi connectivity index (χ4n) is 2.10. The fourth-order valence-corrected chi connectivity index (χ4v) is 2.10. The number of nitrogens with zero attached hydrogens (tertiary/aromatic N) is 2. The van der Waals surface area contributed by atoms with Gasteiger partial charge in [-0.1, -0.05) is 41.6 Å². The van der Waals surface area contributed by atoms with Crippen molar-refractivity contribution in [1.82, 2.24) is 10.1 Å². The van der Waals surface area contributed by atoms with Gasteiger partial charge in [0.1, 0.15) is 5.75 Å². The summed E-state index contributed by atoms with van der Waals surface area (Å²) in [6, 6.07) is 13.6. The van der Waals surface area contributed by atoms with E-state index in [0.717, 1.165) is 10.8 Å². The Morgan fingerprint density at radius 2 is 2.00 bits per heavy atom. The minimum absolute atomic E-state index is 0.0656. The molecule has 6 nitrogen and oxygen atoms in total. The summed E-state index contributed by atoms with van der Waals surface area (Å²) in [5.74, 6) is 0.761. The van der Waals surface area contributed by atoms with Gasteiger partial charge in [-0.3, -0.25) is 10.1 Å². The van der Waals surface area contributed by atoms with Gasteiger partial charge in [0, 0.05) is 5.39 Å². The molecule has 2 aromatic carbocycles. The topological polar surface area (TPSA) is 77.2 Å². The van der Waals surface area contributed by atoms with Crippen molar-refractivity contribution in [3.63, 3.8) is 0 Å². The molecule has 0 saturated heterocycles. The molecular weight excluding hydrogens is 282 g/mol. The zero-order valence-corrected chi connectivity index (χ0v) is 12.2. The number of benzene rings is 2. The molecule has 0 bridgehead atoms. The Balaban J connectivity index is 1.75. The summed E-state index contributed by atoms with van der Waals surface area (Å²) in [7, 11) is 0. The Morgan fingerprint density at radius 1 is 1.23 bits per heavy atom. The Hall–Kier alpha value is -2.89. The number of anilines is 1. The van der Waals surface area contributed by atoms with E-state index in [-0.39, 0.29) is 11.9 Å². The molecule has 1 aromatic heterocycles. The maximum absolute atomic E-state index is 12.1. The molecule has 1 atom stereocenters. The largest absolute Gasteiger partial charge is 0.480 e. The lowest BCUT2D eigenvalue weighted by Gasteiger charge is -2.15. The number of aromatic nitrogens is 2. The molecule has 3 aromatic rings. The predicted molar refractivity (Wildman–Crippen MR) is 81.7 cm³/mol. The van der Waals surface area contributed by atoms with Gasteiger partial charge >= 0.3 is 6.01 Å². The molecule has 1 amide bonds. The molecule has 0 radical (unpaired) electrons. The monoisotopic (exact) mass is 297 g/mol. The van der Waals surface area contributed by atoms with Crippen molar-refractivity contribution < 1.29 is 14.1 Å². The van der Waals surface area contributed by atoms with Crippen molar-refractivity contribution in [1.29, 1.82) is 0 Å². The quantitative estimate of drug-likeness (QED) is 0.801. The summed E-state index contributed by atoms with van der Waals surface area (Å²) in [5, 5.41) is 8.15. The number of nitrogens with one attached hydrogen (secondary N) is 1. The predicted octanol–water partition coefficient (Wildman–Crippen LogP) is 2.94. The van der Waals surface area contributed by atoms with Crippen LogP contribution in [0.4, 0.5) is 6.01 Å². The van der Waals surface area contributed by atoms with Crippen LogP contribution >= 0.6 is 0 Å². The van der Waals surface area contributed by atoms with E-state index in [1.807, 2.05) is 42.5 Å². The van der Waals surface area contributed by atoms with Gasteiger partial charge < -0.3 is 9.26 Å². The van der Waals surface area contributed by atoms with Gasteiger partial charge in [0.15, 0.2) is 11.9 Å². The summed E-state index contributed by atoms with van der Waals surface area (Å²) in [5.41, 5.74) is 0. The van der Waals surface area contributed by atoms with Gasteiger partial charge in [0.2, 0.25) is 0 Å². The number of hydrogen-bond acceptors (Lipinski definition) is 5. The number of ether oxygens (including phenoxy) is 1. The molecule has 6 heteroatoms. The van der Waals surface area contributed by atoms with E-state index < -0.39 is 6.10 Å². The Kier molecular flexibility index (Phi) is 3.74. The van der Waals surface area contributed by atoms with E-state index in [1.165, 1.54) is 0 Å². The Labute approximate surface area is 127 Å². The fraction of sp³-hybridized carbons (Fsp3) is 0.188.